The maximum absolute atomic E-state index is 14.0. The Bertz CT molecular complexity index is 1850. The minimum Gasteiger partial charge on any atom is -0.508 e. The predicted octanol–water partition coefficient (Wildman–Crippen LogP) is -1.26. The first kappa shape index (κ1) is 39.3. The number of methoxy groups -OCH3 is 2. The minimum absolute atomic E-state index is 0.0287. The molecule has 0 aliphatic carbocycles. The molecule has 2 saturated heterocycles. The fourth-order valence-electron chi connectivity index (χ4n) is 5.86. The van der Waals surface area contributed by atoms with Gasteiger partial charge in [-0.15, -0.1) is 0 Å². The summed E-state index contributed by atoms with van der Waals surface area (Å²) in [6, 6.07) is 4.33. The van der Waals surface area contributed by atoms with E-state index in [2.05, 4.69) is 0 Å². The summed E-state index contributed by atoms with van der Waals surface area (Å²) < 4.78 is 49.2. The van der Waals surface area contributed by atoms with Crippen LogP contribution in [0.5, 0.6) is 34.5 Å². The highest BCUT2D eigenvalue weighted by molar-refractivity contribution is 5.88. The third-order valence-corrected chi connectivity index (χ3v) is 8.40. The summed E-state index contributed by atoms with van der Waals surface area (Å²) in [6.45, 7) is 0.600. The number of phenolic OH excluding ortho intramolecular Hbond substituents is 3. The minimum atomic E-state index is -2.10. The Balaban J connectivity index is 1.55. The summed E-state index contributed by atoms with van der Waals surface area (Å²) in [5.41, 5.74) is -1.42. The van der Waals surface area contributed by atoms with E-state index in [4.69, 9.17) is 42.3 Å². The van der Waals surface area contributed by atoms with Crippen LogP contribution in [0.3, 0.4) is 0 Å². The molecule has 5 rings (SSSR count). The zero-order valence-corrected chi connectivity index (χ0v) is 28.5. The number of aromatic hydroxyl groups is 3. The SMILES string of the molecule is COc1cc(-c2oc3cc(O)cc(O)c3c(=O)c2O[C@@H]2O[C@@H](CO)[C@H](O)[C@@H](O[C@@H]3O[C@H](COC(C)=O)[C@@H](OC(C)=O)[C@H](O)[C@H]3O)[C@H]2O)cc(OC)c1O. The topological polar surface area (TPSA) is 300 Å². The number of aliphatic hydroxyl groups is 5. The van der Waals surface area contributed by atoms with Gasteiger partial charge in [0.05, 0.1) is 20.8 Å². The number of aliphatic hydroxyl groups excluding tert-OH is 5. The number of carbonyl (C=O) groups excluding carboxylic acids is 2. The van der Waals surface area contributed by atoms with Gasteiger partial charge in [0.2, 0.25) is 23.2 Å². The van der Waals surface area contributed by atoms with Crippen molar-refractivity contribution in [3.05, 3.63) is 34.5 Å². The van der Waals surface area contributed by atoms with Crippen LogP contribution in [0.1, 0.15) is 13.8 Å². The number of fused-ring (bicyclic) bond motifs is 1. The molecule has 20 heteroatoms. The summed E-state index contributed by atoms with van der Waals surface area (Å²) in [7, 11) is 2.46. The van der Waals surface area contributed by atoms with E-state index in [1.165, 1.54) is 26.4 Å². The van der Waals surface area contributed by atoms with E-state index in [0.717, 1.165) is 26.0 Å². The van der Waals surface area contributed by atoms with E-state index in [1.807, 2.05) is 0 Å². The molecule has 3 heterocycles. The lowest BCUT2D eigenvalue weighted by atomic mass is 9.96. The van der Waals surface area contributed by atoms with E-state index in [1.54, 1.807) is 0 Å². The van der Waals surface area contributed by atoms with Crippen molar-refractivity contribution in [1.82, 2.24) is 0 Å². The molecule has 10 atom stereocenters. The Hall–Kier alpha value is -4.93. The Labute approximate surface area is 298 Å². The van der Waals surface area contributed by atoms with Crippen LogP contribution in [0, 0.1) is 0 Å². The van der Waals surface area contributed by atoms with Gasteiger partial charge < -0.3 is 83.2 Å². The lowest BCUT2D eigenvalue weighted by molar-refractivity contribution is -0.353. The smallest absolute Gasteiger partial charge is 0.303 e. The zero-order chi connectivity index (χ0) is 38.9. The van der Waals surface area contributed by atoms with Crippen molar-refractivity contribution in [1.29, 1.82) is 0 Å². The Morgan fingerprint density at radius 1 is 0.792 bits per heavy atom. The largest absolute Gasteiger partial charge is 0.508 e. The molecule has 3 aromatic rings. The molecule has 0 amide bonds. The first-order valence-electron chi connectivity index (χ1n) is 15.8. The third kappa shape index (κ3) is 7.89. The van der Waals surface area contributed by atoms with Gasteiger partial charge in [-0.2, -0.15) is 0 Å². The van der Waals surface area contributed by atoms with Crippen LogP contribution in [0.25, 0.3) is 22.3 Å². The van der Waals surface area contributed by atoms with Gasteiger partial charge in [-0.05, 0) is 12.1 Å². The number of ether oxygens (including phenoxy) is 8. The second-order valence-corrected chi connectivity index (χ2v) is 12.0. The molecule has 0 radical (unpaired) electrons. The van der Waals surface area contributed by atoms with Crippen LogP contribution in [-0.4, -0.2) is 142 Å². The summed E-state index contributed by atoms with van der Waals surface area (Å²) in [4.78, 5) is 37.2. The Morgan fingerprint density at radius 3 is 2.02 bits per heavy atom. The average Bonchev–Trinajstić information content (AvgIpc) is 3.10. The molecule has 1 aromatic heterocycles. The predicted molar refractivity (Wildman–Crippen MR) is 172 cm³/mol. The zero-order valence-electron chi connectivity index (χ0n) is 28.5. The number of esters is 2. The van der Waals surface area contributed by atoms with E-state index < -0.39 is 126 Å². The molecule has 20 nitrogen and oxygen atoms in total. The molecule has 0 bridgehead atoms. The molecule has 2 fully saturated rings. The number of benzene rings is 2. The number of hydrogen-bond acceptors (Lipinski definition) is 20. The summed E-state index contributed by atoms with van der Waals surface area (Å²) in [5, 5.41) is 85.0. The molecule has 2 aliphatic rings. The number of carbonyl (C=O) groups is 2. The van der Waals surface area contributed by atoms with E-state index in [0.29, 0.717) is 0 Å². The van der Waals surface area contributed by atoms with E-state index in [9.17, 15) is 55.2 Å². The molecular weight excluding hydrogens is 716 g/mol. The van der Waals surface area contributed by atoms with Gasteiger partial charge in [-0.25, -0.2) is 0 Å². The van der Waals surface area contributed by atoms with Crippen molar-refractivity contribution in [3.8, 4) is 45.8 Å². The summed E-state index contributed by atoms with van der Waals surface area (Å²) in [6.07, 6.45) is -18.2. The summed E-state index contributed by atoms with van der Waals surface area (Å²) in [5.74, 6) is -4.71. The van der Waals surface area contributed by atoms with E-state index in [-0.39, 0.29) is 22.6 Å². The quantitative estimate of drug-likeness (QED) is 0.106. The lowest BCUT2D eigenvalue weighted by Gasteiger charge is -2.46. The second kappa shape index (κ2) is 16.0. The first-order valence-corrected chi connectivity index (χ1v) is 15.8. The van der Waals surface area contributed by atoms with Crippen molar-refractivity contribution < 1.29 is 92.8 Å². The molecule has 0 spiro atoms. The van der Waals surface area contributed by atoms with Gasteiger partial charge in [0.15, 0.2) is 29.7 Å². The van der Waals surface area contributed by atoms with Gasteiger partial charge >= 0.3 is 11.9 Å². The monoisotopic (exact) mass is 754 g/mol. The maximum Gasteiger partial charge on any atom is 0.303 e. The highest BCUT2D eigenvalue weighted by atomic mass is 16.7. The Morgan fingerprint density at radius 2 is 1.43 bits per heavy atom. The molecule has 0 unspecified atom stereocenters. The van der Waals surface area contributed by atoms with Crippen LogP contribution < -0.4 is 19.6 Å². The van der Waals surface area contributed by atoms with E-state index >= 15 is 0 Å². The highest BCUT2D eigenvalue weighted by Crippen LogP contribution is 2.44. The van der Waals surface area contributed by atoms with Crippen LogP contribution >= 0.6 is 0 Å². The van der Waals surface area contributed by atoms with Crippen molar-refractivity contribution in [3.63, 3.8) is 0 Å². The standard InChI is InChI=1S/C33H38O20/c1-11(35)47-10-20-29(48-12(2)36)25(42)26(43)32(51-20)52-30-23(40)19(9-34)50-33(27(30)44)53-31-24(41)21-15(38)7-14(37)8-16(21)49-28(31)13-5-17(45-3)22(39)18(6-13)46-4/h5-8,19-20,23,25-27,29-30,32-34,37-40,42-44H,9-10H2,1-4H3/t19-,20+,23-,25+,26+,27+,29+,30+,32-,33-/m0/s1. The van der Waals surface area contributed by atoms with Gasteiger partial charge in [0.1, 0.15) is 71.8 Å². The van der Waals surface area contributed by atoms with Crippen molar-refractivity contribution >= 4 is 22.9 Å². The molecular formula is C33H38O20. The number of rotatable bonds is 11. The van der Waals surface area contributed by atoms with Crippen LogP contribution in [0.2, 0.25) is 0 Å². The highest BCUT2D eigenvalue weighted by Gasteiger charge is 2.53. The second-order valence-electron chi connectivity index (χ2n) is 12.0. The van der Waals surface area contributed by atoms with Gasteiger partial charge in [-0.1, -0.05) is 0 Å². The molecule has 290 valence electrons. The van der Waals surface area contributed by atoms with Crippen molar-refractivity contribution in [2.45, 2.75) is 75.3 Å². The molecule has 53 heavy (non-hydrogen) atoms. The normalized spacial score (nSPS) is 28.6. The molecule has 2 aromatic carbocycles. The number of hydrogen-bond donors (Lipinski definition) is 8. The van der Waals surface area contributed by atoms with Gasteiger partial charge in [0.25, 0.3) is 0 Å². The van der Waals surface area contributed by atoms with Crippen LogP contribution in [-0.2, 0) is 33.3 Å². The van der Waals surface area contributed by atoms with Crippen molar-refractivity contribution in [2.24, 2.45) is 0 Å². The lowest BCUT2D eigenvalue weighted by Crippen LogP contribution is -2.65. The molecule has 2 aliphatic heterocycles. The molecule has 8 N–H and O–H groups in total. The Kier molecular flexibility index (Phi) is 11.8. The summed E-state index contributed by atoms with van der Waals surface area (Å²) >= 11 is 0. The maximum atomic E-state index is 14.0. The number of phenols is 3. The first-order chi connectivity index (χ1) is 25.1. The van der Waals surface area contributed by atoms with Crippen LogP contribution in [0.15, 0.2) is 33.5 Å². The molecule has 0 saturated carbocycles. The fourth-order valence-corrected chi connectivity index (χ4v) is 5.86. The van der Waals surface area contributed by atoms with Crippen molar-refractivity contribution in [2.75, 3.05) is 27.4 Å². The fraction of sp³-hybridized carbons (Fsp3) is 0.485. The average molecular weight is 755 g/mol. The van der Waals surface area contributed by atoms with Gasteiger partial charge in [-0.3, -0.25) is 14.4 Å². The van der Waals surface area contributed by atoms with Gasteiger partial charge in [0, 0.05) is 31.5 Å². The van der Waals surface area contributed by atoms with Crippen LogP contribution in [0.4, 0.5) is 0 Å². The third-order valence-electron chi connectivity index (χ3n) is 8.40.